The fourth-order valence-corrected chi connectivity index (χ4v) is 4.02. The number of hydrogen-bond donors (Lipinski definition) is 1. The van der Waals surface area contributed by atoms with E-state index >= 15 is 0 Å². The van der Waals surface area contributed by atoms with Gasteiger partial charge in [-0.25, -0.2) is 8.42 Å². The second-order valence-corrected chi connectivity index (χ2v) is 9.06. The number of methoxy groups -OCH3 is 2. The monoisotopic (exact) mass is 428 g/mol. The average Bonchev–Trinajstić information content (AvgIpc) is 2.69. The van der Waals surface area contributed by atoms with Crippen LogP contribution in [0.15, 0.2) is 18.2 Å². The lowest BCUT2D eigenvalue weighted by molar-refractivity contribution is -0.119. The molecule has 1 aromatic rings. The molecule has 10 heteroatoms. The van der Waals surface area contributed by atoms with Crippen molar-refractivity contribution in [2.45, 2.75) is 6.42 Å². The van der Waals surface area contributed by atoms with Crippen LogP contribution in [-0.2, 0) is 14.8 Å². The van der Waals surface area contributed by atoms with E-state index in [1.165, 1.54) is 14.2 Å². The second kappa shape index (κ2) is 10.7. The number of hydrogen-bond acceptors (Lipinski definition) is 7. The minimum Gasteiger partial charge on any atom is -0.493 e. The molecule has 1 aliphatic heterocycles. The number of anilines is 1. The van der Waals surface area contributed by atoms with Gasteiger partial charge in [-0.3, -0.25) is 9.10 Å². The van der Waals surface area contributed by atoms with Gasteiger partial charge in [0, 0.05) is 38.8 Å². The summed E-state index contributed by atoms with van der Waals surface area (Å²) in [6, 6.07) is 4.74. The number of benzene rings is 1. The Hall–Kier alpha value is -2.04. The number of carbonyl (C=O) groups excluding carboxylic acids is 1. The van der Waals surface area contributed by atoms with Crippen LogP contribution in [0.1, 0.15) is 6.42 Å². The Kier molecular flexibility index (Phi) is 8.54. The molecule has 9 nitrogen and oxygen atoms in total. The van der Waals surface area contributed by atoms with Crippen molar-refractivity contribution in [3.8, 4) is 11.5 Å². The summed E-state index contributed by atoms with van der Waals surface area (Å²) in [5.74, 6) is 0.535. The molecule has 1 amide bonds. The van der Waals surface area contributed by atoms with Crippen LogP contribution in [-0.4, -0.2) is 97.5 Å². The molecule has 1 saturated heterocycles. The molecule has 2 rings (SSSR count). The number of carbonyl (C=O) groups is 1. The molecule has 0 saturated carbocycles. The van der Waals surface area contributed by atoms with Gasteiger partial charge in [-0.1, -0.05) is 0 Å². The zero-order valence-corrected chi connectivity index (χ0v) is 18.5. The fraction of sp³-hybridized carbons (Fsp3) is 0.632. The van der Waals surface area contributed by atoms with Gasteiger partial charge in [0.05, 0.1) is 26.2 Å². The maximum atomic E-state index is 12.4. The van der Waals surface area contributed by atoms with E-state index in [0.29, 0.717) is 23.7 Å². The van der Waals surface area contributed by atoms with Crippen molar-refractivity contribution in [3.05, 3.63) is 18.2 Å². The Morgan fingerprint density at radius 2 is 1.79 bits per heavy atom. The maximum Gasteiger partial charge on any atom is 0.240 e. The Bertz CT molecular complexity index is 779. The SMILES string of the molecule is COc1ccc(N(CC(=O)NCCCN2CCN(C)CC2)S(C)(=O)=O)cc1OC. The summed E-state index contributed by atoms with van der Waals surface area (Å²) in [7, 11) is 1.44. The molecular formula is C19H32N4O5S. The molecule has 1 aromatic carbocycles. The van der Waals surface area contributed by atoms with Crippen molar-refractivity contribution in [2.24, 2.45) is 0 Å². The Morgan fingerprint density at radius 1 is 1.14 bits per heavy atom. The summed E-state index contributed by atoms with van der Waals surface area (Å²) in [5, 5.41) is 2.82. The van der Waals surface area contributed by atoms with Crippen LogP contribution in [0.2, 0.25) is 0 Å². The van der Waals surface area contributed by atoms with Crippen molar-refractivity contribution < 1.29 is 22.7 Å². The van der Waals surface area contributed by atoms with Gasteiger partial charge in [0.25, 0.3) is 0 Å². The third kappa shape index (κ3) is 7.06. The van der Waals surface area contributed by atoms with Crippen molar-refractivity contribution in [3.63, 3.8) is 0 Å². The molecule has 1 aliphatic rings. The first-order chi connectivity index (χ1) is 13.7. The van der Waals surface area contributed by atoms with Gasteiger partial charge in [0.2, 0.25) is 15.9 Å². The van der Waals surface area contributed by atoms with Crippen LogP contribution >= 0.6 is 0 Å². The summed E-state index contributed by atoms with van der Waals surface area (Å²) >= 11 is 0. The largest absolute Gasteiger partial charge is 0.493 e. The highest BCUT2D eigenvalue weighted by molar-refractivity contribution is 7.92. The number of nitrogens with one attached hydrogen (secondary N) is 1. The number of nitrogens with zero attached hydrogens (tertiary/aromatic N) is 3. The van der Waals surface area contributed by atoms with Gasteiger partial charge >= 0.3 is 0 Å². The maximum absolute atomic E-state index is 12.4. The van der Waals surface area contributed by atoms with Gasteiger partial charge < -0.3 is 24.6 Å². The molecule has 0 bridgehead atoms. The molecule has 0 spiro atoms. The van der Waals surface area contributed by atoms with Gasteiger partial charge in [-0.2, -0.15) is 0 Å². The van der Waals surface area contributed by atoms with Crippen molar-refractivity contribution in [2.75, 3.05) is 77.6 Å². The Morgan fingerprint density at radius 3 is 2.38 bits per heavy atom. The van der Waals surface area contributed by atoms with Crippen LogP contribution in [0.25, 0.3) is 0 Å². The van der Waals surface area contributed by atoms with Crippen LogP contribution in [0.5, 0.6) is 11.5 Å². The highest BCUT2D eigenvalue weighted by Gasteiger charge is 2.22. The molecule has 29 heavy (non-hydrogen) atoms. The molecule has 164 valence electrons. The highest BCUT2D eigenvalue weighted by atomic mass is 32.2. The van der Waals surface area contributed by atoms with E-state index in [-0.39, 0.29) is 12.5 Å². The van der Waals surface area contributed by atoms with E-state index in [9.17, 15) is 13.2 Å². The molecule has 0 atom stereocenters. The topological polar surface area (TPSA) is 91.4 Å². The summed E-state index contributed by atoms with van der Waals surface area (Å²) in [5.41, 5.74) is 0.345. The lowest BCUT2D eigenvalue weighted by Crippen LogP contribution is -2.45. The predicted molar refractivity (Wildman–Crippen MR) is 113 cm³/mol. The third-order valence-electron chi connectivity index (χ3n) is 4.91. The number of rotatable bonds is 10. The first-order valence-corrected chi connectivity index (χ1v) is 11.5. The second-order valence-electron chi connectivity index (χ2n) is 7.16. The zero-order valence-electron chi connectivity index (χ0n) is 17.7. The quantitative estimate of drug-likeness (QED) is 0.533. The van der Waals surface area contributed by atoms with Crippen LogP contribution in [0, 0.1) is 0 Å². The molecule has 0 unspecified atom stereocenters. The Labute approximate surface area is 173 Å². The predicted octanol–water partition coefficient (Wildman–Crippen LogP) is 0.224. The summed E-state index contributed by atoms with van der Waals surface area (Å²) in [6.07, 6.45) is 1.90. The van der Waals surface area contributed by atoms with Gasteiger partial charge in [0.15, 0.2) is 11.5 Å². The minimum absolute atomic E-state index is 0.289. The van der Waals surface area contributed by atoms with Crippen LogP contribution in [0.4, 0.5) is 5.69 Å². The molecule has 1 N–H and O–H groups in total. The Balaban J connectivity index is 1.90. The summed E-state index contributed by atoms with van der Waals surface area (Å²) in [6.45, 7) is 5.32. The molecule has 0 radical (unpaired) electrons. The van der Waals surface area contributed by atoms with Crippen LogP contribution in [0.3, 0.4) is 0 Å². The number of sulfonamides is 1. The van der Waals surface area contributed by atoms with E-state index in [0.717, 1.165) is 49.7 Å². The lowest BCUT2D eigenvalue weighted by Gasteiger charge is -2.32. The van der Waals surface area contributed by atoms with Crippen molar-refractivity contribution in [1.82, 2.24) is 15.1 Å². The first-order valence-electron chi connectivity index (χ1n) is 9.62. The standard InChI is InChI=1S/C19H32N4O5S/c1-21-10-12-22(13-11-21)9-5-8-20-19(24)15-23(29(4,25)26)16-6-7-17(27-2)18(14-16)28-3/h6-7,14H,5,8-13,15H2,1-4H3,(H,20,24). The third-order valence-corrected chi connectivity index (χ3v) is 6.05. The van der Waals surface area contributed by atoms with E-state index in [2.05, 4.69) is 22.2 Å². The lowest BCUT2D eigenvalue weighted by atomic mass is 10.2. The number of piperazine rings is 1. The highest BCUT2D eigenvalue weighted by Crippen LogP contribution is 2.32. The number of ether oxygens (including phenoxy) is 2. The summed E-state index contributed by atoms with van der Waals surface area (Å²) < 4.78 is 36.0. The molecule has 0 aliphatic carbocycles. The zero-order chi connectivity index (χ0) is 21.4. The normalized spacial score (nSPS) is 15.7. The smallest absolute Gasteiger partial charge is 0.240 e. The van der Waals surface area contributed by atoms with E-state index in [1.807, 2.05) is 0 Å². The number of amides is 1. The van der Waals surface area contributed by atoms with Gasteiger partial charge in [-0.15, -0.1) is 0 Å². The average molecular weight is 429 g/mol. The molecule has 0 aromatic heterocycles. The van der Waals surface area contributed by atoms with E-state index in [1.54, 1.807) is 18.2 Å². The summed E-state index contributed by atoms with van der Waals surface area (Å²) in [4.78, 5) is 17.0. The minimum atomic E-state index is -3.65. The van der Waals surface area contributed by atoms with Gasteiger partial charge in [-0.05, 0) is 32.1 Å². The van der Waals surface area contributed by atoms with Crippen molar-refractivity contribution >= 4 is 21.6 Å². The van der Waals surface area contributed by atoms with Crippen LogP contribution < -0.4 is 19.1 Å². The molecular weight excluding hydrogens is 396 g/mol. The molecule has 1 heterocycles. The van der Waals surface area contributed by atoms with E-state index in [4.69, 9.17) is 9.47 Å². The fourth-order valence-electron chi connectivity index (χ4n) is 3.17. The van der Waals surface area contributed by atoms with Gasteiger partial charge in [0.1, 0.15) is 6.54 Å². The molecule has 1 fully saturated rings. The first kappa shape index (κ1) is 23.2. The van der Waals surface area contributed by atoms with E-state index < -0.39 is 10.0 Å². The number of likely N-dealkylation sites (N-methyl/N-ethyl adjacent to an activating group) is 1. The van der Waals surface area contributed by atoms with Crippen molar-refractivity contribution in [1.29, 1.82) is 0 Å².